The van der Waals surface area contributed by atoms with E-state index in [4.69, 9.17) is 4.74 Å². The van der Waals surface area contributed by atoms with Crippen molar-refractivity contribution in [3.05, 3.63) is 33.9 Å². The zero-order valence-corrected chi connectivity index (χ0v) is 11.8. The lowest BCUT2D eigenvalue weighted by Gasteiger charge is -2.12. The summed E-state index contributed by atoms with van der Waals surface area (Å²) in [6, 6.07) is 6.15. The molecule has 0 amide bonds. The predicted octanol–water partition coefficient (Wildman–Crippen LogP) is 3.49. The van der Waals surface area contributed by atoms with Gasteiger partial charge in [0.05, 0.1) is 17.8 Å². The normalized spacial score (nSPS) is 10.8. The first-order chi connectivity index (χ1) is 8.17. The second-order valence-electron chi connectivity index (χ2n) is 3.93. The van der Waals surface area contributed by atoms with Crippen molar-refractivity contribution in [2.45, 2.75) is 13.5 Å². The molecule has 1 heterocycles. The number of hydrogen-bond donors (Lipinski definition) is 1. The molecule has 0 aliphatic carbocycles. The number of anilines is 1. The number of hydrogen-bond acceptors (Lipinski definition) is 3. The van der Waals surface area contributed by atoms with Crippen LogP contribution in [0.5, 0.6) is 0 Å². The summed E-state index contributed by atoms with van der Waals surface area (Å²) in [7, 11) is 3.60. The van der Waals surface area contributed by atoms with Crippen molar-refractivity contribution in [2.75, 3.05) is 19.5 Å². The number of fused-ring (bicyclic) bond motifs is 1. The van der Waals surface area contributed by atoms with Crippen LogP contribution in [0.15, 0.2) is 22.7 Å². The SMILES string of the molecule is CNc1cc(COC)nc2c(Br)ccc(C)c12. The van der Waals surface area contributed by atoms with Crippen LogP contribution in [0.2, 0.25) is 0 Å². The Balaban J connectivity index is 2.77. The minimum atomic E-state index is 0.519. The molecule has 1 aromatic carbocycles. The van der Waals surface area contributed by atoms with Gasteiger partial charge in [0.2, 0.25) is 0 Å². The minimum absolute atomic E-state index is 0.519. The Morgan fingerprint density at radius 1 is 1.41 bits per heavy atom. The zero-order chi connectivity index (χ0) is 12.4. The molecule has 0 aliphatic heterocycles. The zero-order valence-electron chi connectivity index (χ0n) is 10.2. The van der Waals surface area contributed by atoms with Gasteiger partial charge < -0.3 is 10.1 Å². The molecule has 0 saturated heterocycles. The number of benzene rings is 1. The highest BCUT2D eigenvalue weighted by atomic mass is 79.9. The van der Waals surface area contributed by atoms with Gasteiger partial charge in [0.25, 0.3) is 0 Å². The Kier molecular flexibility index (Phi) is 3.64. The highest BCUT2D eigenvalue weighted by Gasteiger charge is 2.09. The lowest BCUT2D eigenvalue weighted by atomic mass is 10.1. The Morgan fingerprint density at radius 2 is 2.18 bits per heavy atom. The molecule has 0 unspecified atom stereocenters. The van der Waals surface area contributed by atoms with Crippen molar-refractivity contribution in [3.63, 3.8) is 0 Å². The lowest BCUT2D eigenvalue weighted by molar-refractivity contribution is 0.182. The average molecular weight is 295 g/mol. The number of nitrogens with one attached hydrogen (secondary N) is 1. The standard InChI is InChI=1S/C13H15BrN2O/c1-8-4-5-10(14)13-12(8)11(15-2)6-9(16-13)7-17-3/h4-6H,7H2,1-3H3,(H,15,16). The van der Waals surface area contributed by atoms with Crippen molar-refractivity contribution < 1.29 is 4.74 Å². The van der Waals surface area contributed by atoms with Gasteiger partial charge in [-0.05, 0) is 40.5 Å². The number of halogens is 1. The summed E-state index contributed by atoms with van der Waals surface area (Å²) < 4.78 is 6.15. The first kappa shape index (κ1) is 12.3. The van der Waals surface area contributed by atoms with Crippen molar-refractivity contribution in [1.82, 2.24) is 4.98 Å². The highest BCUT2D eigenvalue weighted by molar-refractivity contribution is 9.10. The molecule has 1 N–H and O–H groups in total. The molecular weight excluding hydrogens is 280 g/mol. The topological polar surface area (TPSA) is 34.1 Å². The predicted molar refractivity (Wildman–Crippen MR) is 74.4 cm³/mol. The van der Waals surface area contributed by atoms with E-state index in [0.29, 0.717) is 6.61 Å². The summed E-state index contributed by atoms with van der Waals surface area (Å²) in [5.41, 5.74) is 4.20. The molecule has 2 aromatic rings. The summed E-state index contributed by atoms with van der Waals surface area (Å²) in [6.07, 6.45) is 0. The molecule has 0 bridgehead atoms. The monoisotopic (exact) mass is 294 g/mol. The molecule has 0 aliphatic rings. The summed E-state index contributed by atoms with van der Waals surface area (Å²) in [6.45, 7) is 2.61. The highest BCUT2D eigenvalue weighted by Crippen LogP contribution is 2.31. The Morgan fingerprint density at radius 3 is 2.82 bits per heavy atom. The molecule has 17 heavy (non-hydrogen) atoms. The van der Waals surface area contributed by atoms with Crippen molar-refractivity contribution >= 4 is 32.5 Å². The first-order valence-electron chi connectivity index (χ1n) is 5.42. The smallest absolute Gasteiger partial charge is 0.0885 e. The van der Waals surface area contributed by atoms with Crippen LogP contribution in [-0.2, 0) is 11.3 Å². The molecule has 0 spiro atoms. The number of aromatic nitrogens is 1. The summed E-state index contributed by atoms with van der Waals surface area (Å²) in [4.78, 5) is 4.62. The summed E-state index contributed by atoms with van der Waals surface area (Å²) in [5, 5.41) is 4.37. The lowest BCUT2D eigenvalue weighted by Crippen LogP contribution is -1.99. The molecule has 0 atom stereocenters. The van der Waals surface area contributed by atoms with Crippen LogP contribution in [0.1, 0.15) is 11.3 Å². The molecule has 3 nitrogen and oxygen atoms in total. The third kappa shape index (κ3) is 2.28. The quantitative estimate of drug-likeness (QED) is 0.941. The molecule has 4 heteroatoms. The number of ether oxygens (including phenoxy) is 1. The van der Waals surface area contributed by atoms with Gasteiger partial charge in [-0.3, -0.25) is 0 Å². The van der Waals surface area contributed by atoms with Crippen LogP contribution in [0.3, 0.4) is 0 Å². The van der Waals surface area contributed by atoms with Crippen molar-refractivity contribution in [2.24, 2.45) is 0 Å². The third-order valence-corrected chi connectivity index (χ3v) is 3.37. The first-order valence-corrected chi connectivity index (χ1v) is 6.22. The fourth-order valence-corrected chi connectivity index (χ4v) is 2.37. The van der Waals surface area contributed by atoms with E-state index >= 15 is 0 Å². The minimum Gasteiger partial charge on any atom is -0.388 e. The number of pyridine rings is 1. The van der Waals surface area contributed by atoms with Gasteiger partial charge in [-0.25, -0.2) is 4.98 Å². The van der Waals surface area contributed by atoms with Crippen molar-refractivity contribution in [1.29, 1.82) is 0 Å². The average Bonchev–Trinajstić information content (AvgIpc) is 2.33. The van der Waals surface area contributed by atoms with E-state index in [1.165, 1.54) is 5.56 Å². The fourth-order valence-electron chi connectivity index (χ4n) is 1.95. The van der Waals surface area contributed by atoms with Crippen LogP contribution in [0.25, 0.3) is 10.9 Å². The second-order valence-corrected chi connectivity index (χ2v) is 4.79. The Bertz CT molecular complexity index is 555. The largest absolute Gasteiger partial charge is 0.388 e. The van der Waals surface area contributed by atoms with Gasteiger partial charge >= 0.3 is 0 Å². The van der Waals surface area contributed by atoms with Gasteiger partial charge in [-0.15, -0.1) is 0 Å². The molecule has 0 saturated carbocycles. The van der Waals surface area contributed by atoms with Crippen LogP contribution in [0, 0.1) is 6.92 Å². The van der Waals surface area contributed by atoms with E-state index in [1.54, 1.807) is 7.11 Å². The Hall–Kier alpha value is -1.13. The molecule has 2 rings (SSSR count). The van der Waals surface area contributed by atoms with Gasteiger partial charge in [-0.2, -0.15) is 0 Å². The number of nitrogens with zero attached hydrogens (tertiary/aromatic N) is 1. The maximum absolute atomic E-state index is 5.14. The van der Waals surface area contributed by atoms with E-state index in [0.717, 1.165) is 26.8 Å². The van der Waals surface area contributed by atoms with E-state index < -0.39 is 0 Å². The molecule has 90 valence electrons. The number of methoxy groups -OCH3 is 1. The number of rotatable bonds is 3. The van der Waals surface area contributed by atoms with Crippen LogP contribution in [0.4, 0.5) is 5.69 Å². The van der Waals surface area contributed by atoms with Gasteiger partial charge in [-0.1, -0.05) is 6.07 Å². The van der Waals surface area contributed by atoms with E-state index in [9.17, 15) is 0 Å². The maximum atomic E-state index is 5.14. The van der Waals surface area contributed by atoms with Crippen molar-refractivity contribution in [3.8, 4) is 0 Å². The molecule has 0 fully saturated rings. The van der Waals surface area contributed by atoms with E-state index in [-0.39, 0.29) is 0 Å². The Labute approximate surface area is 109 Å². The molecule has 0 radical (unpaired) electrons. The van der Waals surface area contributed by atoms with E-state index in [2.05, 4.69) is 39.2 Å². The van der Waals surface area contributed by atoms with Crippen LogP contribution >= 0.6 is 15.9 Å². The maximum Gasteiger partial charge on any atom is 0.0885 e. The third-order valence-electron chi connectivity index (χ3n) is 2.73. The summed E-state index contributed by atoms with van der Waals surface area (Å²) in [5.74, 6) is 0. The van der Waals surface area contributed by atoms with Crippen LogP contribution < -0.4 is 5.32 Å². The fraction of sp³-hybridized carbons (Fsp3) is 0.308. The molecular formula is C13H15BrN2O. The number of aryl methyl sites for hydroxylation is 1. The second kappa shape index (κ2) is 5.02. The molecule has 1 aromatic heterocycles. The van der Waals surface area contributed by atoms with Gasteiger partial charge in [0.1, 0.15) is 0 Å². The van der Waals surface area contributed by atoms with E-state index in [1.807, 2.05) is 19.2 Å². The summed E-state index contributed by atoms with van der Waals surface area (Å²) >= 11 is 3.55. The van der Waals surface area contributed by atoms with Gasteiger partial charge in [0.15, 0.2) is 0 Å². The van der Waals surface area contributed by atoms with Crippen LogP contribution in [-0.4, -0.2) is 19.1 Å². The van der Waals surface area contributed by atoms with Gasteiger partial charge in [0, 0.05) is 29.7 Å².